The zero-order chi connectivity index (χ0) is 20.6. The summed E-state index contributed by atoms with van der Waals surface area (Å²) in [6.45, 7) is 3.45. The van der Waals surface area contributed by atoms with E-state index in [-0.39, 0.29) is 18.2 Å². The van der Waals surface area contributed by atoms with Crippen molar-refractivity contribution in [3.8, 4) is 11.5 Å². The van der Waals surface area contributed by atoms with Gasteiger partial charge in [-0.1, -0.05) is 60.2 Å². The van der Waals surface area contributed by atoms with E-state index in [4.69, 9.17) is 4.74 Å². The van der Waals surface area contributed by atoms with Crippen LogP contribution in [0, 0.1) is 6.92 Å². The van der Waals surface area contributed by atoms with Crippen molar-refractivity contribution in [1.29, 1.82) is 0 Å². The Kier molecular flexibility index (Phi) is 6.63. The Hall–Kier alpha value is -3.60. The zero-order valence-electron chi connectivity index (χ0n) is 16.5. The molecule has 0 fully saturated rings. The summed E-state index contributed by atoms with van der Waals surface area (Å²) >= 11 is 0. The lowest BCUT2D eigenvalue weighted by Crippen LogP contribution is -2.29. The van der Waals surface area contributed by atoms with Gasteiger partial charge < -0.3 is 15.4 Å². The van der Waals surface area contributed by atoms with E-state index in [1.54, 1.807) is 12.1 Å². The van der Waals surface area contributed by atoms with Crippen molar-refractivity contribution in [2.75, 3.05) is 5.32 Å². The molecule has 2 amide bonds. The third-order valence-electron chi connectivity index (χ3n) is 4.38. The van der Waals surface area contributed by atoms with Gasteiger partial charge in [0.2, 0.25) is 11.8 Å². The maximum atomic E-state index is 12.7. The van der Waals surface area contributed by atoms with Crippen molar-refractivity contribution >= 4 is 17.5 Å². The van der Waals surface area contributed by atoms with Gasteiger partial charge in [0.15, 0.2) is 5.75 Å². The second-order valence-corrected chi connectivity index (χ2v) is 6.83. The molecular weight excluding hydrogens is 364 g/mol. The molecular formula is C24H24N2O3. The molecule has 2 N–H and O–H groups in total. The maximum Gasteiger partial charge on any atom is 0.226 e. The molecule has 5 heteroatoms. The number of carbonyl (C=O) groups excluding carboxylic acids is 2. The van der Waals surface area contributed by atoms with Crippen LogP contribution >= 0.6 is 0 Å². The fraction of sp³-hybridized carbons (Fsp3) is 0.167. The Morgan fingerprint density at radius 3 is 2.24 bits per heavy atom. The summed E-state index contributed by atoms with van der Waals surface area (Å²) in [4.78, 5) is 24.3. The van der Waals surface area contributed by atoms with Crippen molar-refractivity contribution in [3.05, 3.63) is 90.0 Å². The van der Waals surface area contributed by atoms with Crippen LogP contribution in [0.2, 0.25) is 0 Å². The van der Waals surface area contributed by atoms with E-state index in [0.717, 1.165) is 11.1 Å². The molecule has 148 valence electrons. The number of carbonyl (C=O) groups is 2. The number of amides is 2. The quantitative estimate of drug-likeness (QED) is 0.599. The van der Waals surface area contributed by atoms with E-state index in [1.165, 1.54) is 6.92 Å². The summed E-state index contributed by atoms with van der Waals surface area (Å²) in [7, 11) is 0. The van der Waals surface area contributed by atoms with Gasteiger partial charge in [0.1, 0.15) is 5.75 Å². The van der Waals surface area contributed by atoms with Crippen LogP contribution in [0.3, 0.4) is 0 Å². The summed E-state index contributed by atoms with van der Waals surface area (Å²) in [6, 6.07) is 24.0. The molecule has 0 spiro atoms. The highest BCUT2D eigenvalue weighted by atomic mass is 16.5. The molecule has 0 saturated carbocycles. The number of para-hydroxylation sites is 2. The van der Waals surface area contributed by atoms with Crippen molar-refractivity contribution < 1.29 is 14.3 Å². The van der Waals surface area contributed by atoms with Crippen LogP contribution in [0.1, 0.15) is 30.5 Å². The van der Waals surface area contributed by atoms with Gasteiger partial charge in [-0.25, -0.2) is 0 Å². The molecule has 29 heavy (non-hydrogen) atoms. The predicted molar refractivity (Wildman–Crippen MR) is 114 cm³/mol. The van der Waals surface area contributed by atoms with E-state index >= 15 is 0 Å². The number of anilines is 1. The average Bonchev–Trinajstić information content (AvgIpc) is 2.71. The van der Waals surface area contributed by atoms with Crippen molar-refractivity contribution in [2.24, 2.45) is 0 Å². The average molecular weight is 388 g/mol. The smallest absolute Gasteiger partial charge is 0.226 e. The van der Waals surface area contributed by atoms with Gasteiger partial charge in [0.25, 0.3) is 0 Å². The molecule has 3 rings (SSSR count). The summed E-state index contributed by atoms with van der Waals surface area (Å²) in [5, 5.41) is 5.74. The normalized spacial score (nSPS) is 11.4. The predicted octanol–water partition coefficient (Wildman–Crippen LogP) is 4.99. The minimum Gasteiger partial charge on any atom is -0.455 e. The zero-order valence-corrected chi connectivity index (χ0v) is 16.5. The maximum absolute atomic E-state index is 12.7. The largest absolute Gasteiger partial charge is 0.455 e. The lowest BCUT2D eigenvalue weighted by Gasteiger charge is -2.19. The highest BCUT2D eigenvalue weighted by molar-refractivity contribution is 5.93. The molecule has 0 aliphatic rings. The van der Waals surface area contributed by atoms with E-state index in [2.05, 4.69) is 10.6 Å². The van der Waals surface area contributed by atoms with Crippen LogP contribution in [0.5, 0.6) is 11.5 Å². The standard InChI is InChI=1S/C24H24N2O3/c1-17-12-14-20(15-13-17)29-23-11-7-6-10-21(23)26-24(28)16-22(25-18(2)27)19-8-4-3-5-9-19/h3-15,22H,16H2,1-2H3,(H,25,27)(H,26,28). The molecule has 0 saturated heterocycles. The Morgan fingerprint density at radius 1 is 0.897 bits per heavy atom. The Morgan fingerprint density at radius 2 is 1.55 bits per heavy atom. The summed E-state index contributed by atoms with van der Waals surface area (Å²) in [5.41, 5.74) is 2.60. The van der Waals surface area contributed by atoms with E-state index in [1.807, 2.05) is 73.7 Å². The Balaban J connectivity index is 1.72. The molecule has 0 bridgehead atoms. The number of aryl methyl sites for hydroxylation is 1. The molecule has 1 atom stereocenters. The van der Waals surface area contributed by atoms with Crippen LogP contribution < -0.4 is 15.4 Å². The summed E-state index contributed by atoms with van der Waals surface area (Å²) < 4.78 is 5.94. The summed E-state index contributed by atoms with van der Waals surface area (Å²) in [5.74, 6) is 0.848. The van der Waals surface area contributed by atoms with Crippen LogP contribution in [-0.4, -0.2) is 11.8 Å². The van der Waals surface area contributed by atoms with Gasteiger partial charge in [0.05, 0.1) is 18.2 Å². The van der Waals surface area contributed by atoms with Crippen molar-refractivity contribution in [3.63, 3.8) is 0 Å². The molecule has 1 unspecified atom stereocenters. The second kappa shape index (κ2) is 9.55. The number of hydrogen-bond donors (Lipinski definition) is 2. The SMILES string of the molecule is CC(=O)NC(CC(=O)Nc1ccccc1Oc1ccc(C)cc1)c1ccccc1. The minimum atomic E-state index is -0.404. The van der Waals surface area contributed by atoms with Crippen molar-refractivity contribution in [2.45, 2.75) is 26.3 Å². The number of ether oxygens (including phenoxy) is 1. The lowest BCUT2D eigenvalue weighted by molar-refractivity contribution is -0.120. The highest BCUT2D eigenvalue weighted by Crippen LogP contribution is 2.30. The van der Waals surface area contributed by atoms with Crippen LogP contribution in [-0.2, 0) is 9.59 Å². The number of hydrogen-bond acceptors (Lipinski definition) is 3. The fourth-order valence-corrected chi connectivity index (χ4v) is 2.96. The van der Waals surface area contributed by atoms with E-state index in [0.29, 0.717) is 17.2 Å². The van der Waals surface area contributed by atoms with Crippen LogP contribution in [0.4, 0.5) is 5.69 Å². The van der Waals surface area contributed by atoms with Gasteiger partial charge in [-0.3, -0.25) is 9.59 Å². The number of rotatable bonds is 7. The fourth-order valence-electron chi connectivity index (χ4n) is 2.96. The van der Waals surface area contributed by atoms with Gasteiger partial charge in [-0.2, -0.15) is 0 Å². The van der Waals surface area contributed by atoms with Gasteiger partial charge >= 0.3 is 0 Å². The number of benzene rings is 3. The third-order valence-corrected chi connectivity index (χ3v) is 4.38. The molecule has 3 aromatic rings. The first-order chi connectivity index (χ1) is 14.0. The minimum absolute atomic E-state index is 0.114. The Labute approximate surface area is 170 Å². The molecule has 0 aromatic heterocycles. The second-order valence-electron chi connectivity index (χ2n) is 6.83. The number of nitrogens with one attached hydrogen (secondary N) is 2. The van der Waals surface area contributed by atoms with Crippen molar-refractivity contribution in [1.82, 2.24) is 5.32 Å². The highest BCUT2D eigenvalue weighted by Gasteiger charge is 2.18. The first-order valence-corrected chi connectivity index (χ1v) is 9.47. The first-order valence-electron chi connectivity index (χ1n) is 9.47. The topological polar surface area (TPSA) is 67.4 Å². The third kappa shape index (κ3) is 5.94. The molecule has 3 aromatic carbocycles. The molecule has 0 aliphatic carbocycles. The van der Waals surface area contributed by atoms with Crippen LogP contribution in [0.25, 0.3) is 0 Å². The molecule has 5 nitrogen and oxygen atoms in total. The molecule has 0 aliphatic heterocycles. The van der Waals surface area contributed by atoms with Crippen LogP contribution in [0.15, 0.2) is 78.9 Å². The summed E-state index contributed by atoms with van der Waals surface area (Å²) in [6.07, 6.45) is 0.114. The van der Waals surface area contributed by atoms with E-state index in [9.17, 15) is 9.59 Å². The molecule has 0 radical (unpaired) electrons. The van der Waals surface area contributed by atoms with Gasteiger partial charge in [0, 0.05) is 6.92 Å². The van der Waals surface area contributed by atoms with Gasteiger partial charge in [-0.15, -0.1) is 0 Å². The first kappa shape index (κ1) is 20.1. The molecule has 0 heterocycles. The Bertz CT molecular complexity index is 969. The lowest BCUT2D eigenvalue weighted by atomic mass is 10.0. The van der Waals surface area contributed by atoms with Gasteiger partial charge in [-0.05, 0) is 36.8 Å². The van der Waals surface area contributed by atoms with E-state index < -0.39 is 6.04 Å². The monoisotopic (exact) mass is 388 g/mol.